The van der Waals surface area contributed by atoms with Crippen LogP contribution < -0.4 is 10.6 Å². The van der Waals surface area contributed by atoms with Gasteiger partial charge in [0.05, 0.1) is 12.1 Å². The number of carboxylic acids is 1. The van der Waals surface area contributed by atoms with Gasteiger partial charge in [-0.05, 0) is 42.0 Å². The van der Waals surface area contributed by atoms with Crippen molar-refractivity contribution in [3.63, 3.8) is 0 Å². The van der Waals surface area contributed by atoms with Crippen LogP contribution in [0.1, 0.15) is 36.8 Å². The number of carbonyl (C=O) groups excluding carboxylic acids is 2. The fraction of sp³-hybridized carbons (Fsp3) is 0.370. The SMILES string of the molecule is CO[C@H](C)[C@H](NC(=O)[C@@H]1CC=C[C@@H](NC(=O)OCC2c3ccccc3-c3ccccc32)C1)C(=O)O. The van der Waals surface area contributed by atoms with E-state index in [0.717, 1.165) is 22.3 Å². The number of methoxy groups -OCH3 is 1. The van der Waals surface area contributed by atoms with Gasteiger partial charge in [0.15, 0.2) is 6.04 Å². The number of amides is 2. The lowest BCUT2D eigenvalue weighted by Gasteiger charge is -2.27. The number of allylic oxidation sites excluding steroid dienone is 1. The Morgan fingerprint density at radius 3 is 2.29 bits per heavy atom. The van der Waals surface area contributed by atoms with Crippen molar-refractivity contribution in [3.8, 4) is 11.1 Å². The molecule has 2 aromatic carbocycles. The lowest BCUT2D eigenvalue weighted by atomic mass is 9.90. The highest BCUT2D eigenvalue weighted by Gasteiger charge is 2.32. The summed E-state index contributed by atoms with van der Waals surface area (Å²) in [6, 6.07) is 14.7. The average Bonchev–Trinajstić information content (AvgIpc) is 3.19. The van der Waals surface area contributed by atoms with E-state index in [1.54, 1.807) is 6.92 Å². The van der Waals surface area contributed by atoms with Gasteiger partial charge in [-0.25, -0.2) is 9.59 Å². The first-order valence-corrected chi connectivity index (χ1v) is 11.7. The van der Waals surface area contributed by atoms with Crippen LogP contribution >= 0.6 is 0 Å². The minimum atomic E-state index is -1.16. The number of hydrogen-bond donors (Lipinski definition) is 3. The van der Waals surface area contributed by atoms with Crippen molar-refractivity contribution in [1.29, 1.82) is 0 Å². The predicted octanol–water partition coefficient (Wildman–Crippen LogP) is 3.46. The zero-order chi connectivity index (χ0) is 24.9. The van der Waals surface area contributed by atoms with Crippen LogP contribution in [0.25, 0.3) is 11.1 Å². The molecule has 8 heteroatoms. The second kappa shape index (κ2) is 10.7. The maximum Gasteiger partial charge on any atom is 0.407 e. The number of hydrogen-bond acceptors (Lipinski definition) is 5. The molecule has 4 rings (SSSR count). The summed E-state index contributed by atoms with van der Waals surface area (Å²) >= 11 is 0. The summed E-state index contributed by atoms with van der Waals surface area (Å²) in [5.74, 6) is -2.05. The third-order valence-electron chi connectivity index (χ3n) is 6.75. The summed E-state index contributed by atoms with van der Waals surface area (Å²) in [6.07, 6.45) is 3.22. The molecule has 2 aliphatic rings. The van der Waals surface area contributed by atoms with Gasteiger partial charge >= 0.3 is 12.1 Å². The topological polar surface area (TPSA) is 114 Å². The van der Waals surface area contributed by atoms with Crippen molar-refractivity contribution in [2.24, 2.45) is 5.92 Å². The molecule has 2 aromatic rings. The summed E-state index contributed by atoms with van der Waals surface area (Å²) in [6.45, 7) is 1.79. The predicted molar refractivity (Wildman–Crippen MR) is 130 cm³/mol. The van der Waals surface area contributed by atoms with Gasteiger partial charge in [-0.3, -0.25) is 4.79 Å². The third kappa shape index (κ3) is 5.38. The Hall–Kier alpha value is -3.65. The van der Waals surface area contributed by atoms with Gasteiger partial charge < -0.3 is 25.2 Å². The smallest absolute Gasteiger partial charge is 0.407 e. The minimum Gasteiger partial charge on any atom is -0.480 e. The number of benzene rings is 2. The minimum absolute atomic E-state index is 0.0377. The molecule has 0 saturated carbocycles. The van der Waals surface area contributed by atoms with Crippen molar-refractivity contribution >= 4 is 18.0 Å². The fourth-order valence-electron chi connectivity index (χ4n) is 4.79. The molecule has 3 N–H and O–H groups in total. The largest absolute Gasteiger partial charge is 0.480 e. The number of fused-ring (bicyclic) bond motifs is 3. The zero-order valence-electron chi connectivity index (χ0n) is 19.8. The molecular weight excluding hydrogens is 448 g/mol. The van der Waals surface area contributed by atoms with Crippen LogP contribution in [0.3, 0.4) is 0 Å². The van der Waals surface area contributed by atoms with Crippen LogP contribution in [-0.4, -0.2) is 55.0 Å². The zero-order valence-corrected chi connectivity index (χ0v) is 19.8. The lowest BCUT2D eigenvalue weighted by Crippen LogP contribution is -2.51. The number of carboxylic acid groups (broad SMARTS) is 1. The Bertz CT molecular complexity index is 1080. The van der Waals surface area contributed by atoms with Crippen molar-refractivity contribution in [2.45, 2.75) is 43.9 Å². The average molecular weight is 479 g/mol. The third-order valence-corrected chi connectivity index (χ3v) is 6.75. The van der Waals surface area contributed by atoms with E-state index in [1.165, 1.54) is 7.11 Å². The highest BCUT2D eigenvalue weighted by Crippen LogP contribution is 2.44. The van der Waals surface area contributed by atoms with Gasteiger partial charge in [0.1, 0.15) is 6.61 Å². The Morgan fingerprint density at radius 2 is 1.69 bits per heavy atom. The highest BCUT2D eigenvalue weighted by atomic mass is 16.5. The normalized spacial score (nSPS) is 20.3. The van der Waals surface area contributed by atoms with Gasteiger partial charge in [0.25, 0.3) is 0 Å². The Morgan fingerprint density at radius 1 is 1.06 bits per heavy atom. The van der Waals surface area contributed by atoms with Gasteiger partial charge in [-0.1, -0.05) is 60.7 Å². The van der Waals surface area contributed by atoms with E-state index in [1.807, 2.05) is 36.4 Å². The van der Waals surface area contributed by atoms with Crippen molar-refractivity contribution < 1.29 is 29.0 Å². The van der Waals surface area contributed by atoms with Crippen molar-refractivity contribution in [3.05, 3.63) is 71.8 Å². The standard InChI is InChI=1S/C27H30N2O6/c1-16(34-2)24(26(31)32)29-25(30)17-8-7-9-18(14-17)28-27(33)35-15-23-21-12-5-3-10-19(21)20-11-4-6-13-22(20)23/h3-7,9-13,16-18,23-24H,8,14-15H2,1-2H3,(H,28,33)(H,29,30)(H,31,32)/t16-,17-,18-,24+/m1/s1. The van der Waals surface area contributed by atoms with E-state index >= 15 is 0 Å². The summed E-state index contributed by atoms with van der Waals surface area (Å²) < 4.78 is 10.7. The summed E-state index contributed by atoms with van der Waals surface area (Å²) in [5.41, 5.74) is 4.58. The first-order chi connectivity index (χ1) is 16.9. The summed E-state index contributed by atoms with van der Waals surface area (Å²) in [7, 11) is 1.39. The number of carbonyl (C=O) groups is 3. The van der Waals surface area contributed by atoms with E-state index < -0.39 is 36.2 Å². The Labute approximate surface area is 204 Å². The van der Waals surface area contributed by atoms with Gasteiger partial charge in [0, 0.05) is 18.9 Å². The molecule has 2 amide bonds. The van der Waals surface area contributed by atoms with Crippen LogP contribution in [0, 0.1) is 5.92 Å². The number of aliphatic carboxylic acids is 1. The first kappa shape index (κ1) is 24.5. The molecule has 184 valence electrons. The molecule has 0 saturated heterocycles. The Balaban J connectivity index is 1.33. The van der Waals surface area contributed by atoms with E-state index in [-0.39, 0.29) is 18.4 Å². The van der Waals surface area contributed by atoms with Crippen molar-refractivity contribution in [2.75, 3.05) is 13.7 Å². The van der Waals surface area contributed by atoms with E-state index in [2.05, 4.69) is 34.9 Å². The van der Waals surface area contributed by atoms with Gasteiger partial charge in [-0.15, -0.1) is 0 Å². The van der Waals surface area contributed by atoms with Crippen molar-refractivity contribution in [1.82, 2.24) is 10.6 Å². The second-order valence-corrected chi connectivity index (χ2v) is 8.94. The number of nitrogens with one attached hydrogen (secondary N) is 2. The molecule has 0 aliphatic heterocycles. The maximum absolute atomic E-state index is 12.7. The molecule has 0 bridgehead atoms. The van der Waals surface area contributed by atoms with E-state index in [9.17, 15) is 19.5 Å². The molecule has 4 atom stereocenters. The molecule has 0 unspecified atom stereocenters. The Kier molecular flexibility index (Phi) is 7.51. The monoisotopic (exact) mass is 478 g/mol. The second-order valence-electron chi connectivity index (χ2n) is 8.94. The van der Waals surface area contributed by atoms with Gasteiger partial charge in [-0.2, -0.15) is 0 Å². The van der Waals surface area contributed by atoms with Crippen LogP contribution in [0.15, 0.2) is 60.7 Å². The molecular formula is C27H30N2O6. The molecule has 0 spiro atoms. The molecule has 2 aliphatic carbocycles. The summed E-state index contributed by atoms with van der Waals surface area (Å²) in [4.78, 5) is 36.8. The molecule has 8 nitrogen and oxygen atoms in total. The van der Waals surface area contributed by atoms with Crippen LogP contribution in [-0.2, 0) is 19.1 Å². The quantitative estimate of drug-likeness (QED) is 0.501. The summed E-state index contributed by atoms with van der Waals surface area (Å²) in [5, 5.41) is 14.7. The number of ether oxygens (including phenoxy) is 2. The van der Waals surface area contributed by atoms with Gasteiger partial charge in [0.2, 0.25) is 5.91 Å². The lowest BCUT2D eigenvalue weighted by molar-refractivity contribution is -0.146. The molecule has 0 fully saturated rings. The molecule has 0 aromatic heterocycles. The maximum atomic E-state index is 12.7. The van der Waals surface area contributed by atoms with Crippen LogP contribution in [0.2, 0.25) is 0 Å². The first-order valence-electron chi connectivity index (χ1n) is 11.7. The molecule has 35 heavy (non-hydrogen) atoms. The number of rotatable bonds is 8. The fourth-order valence-corrected chi connectivity index (χ4v) is 4.79. The number of alkyl carbamates (subject to hydrolysis) is 1. The molecule has 0 heterocycles. The highest BCUT2D eigenvalue weighted by molar-refractivity contribution is 5.85. The van der Waals surface area contributed by atoms with Crippen LogP contribution in [0.5, 0.6) is 0 Å². The van der Waals surface area contributed by atoms with E-state index in [0.29, 0.717) is 12.8 Å². The van der Waals surface area contributed by atoms with Crippen LogP contribution in [0.4, 0.5) is 4.79 Å². The van der Waals surface area contributed by atoms with E-state index in [4.69, 9.17) is 9.47 Å². The molecule has 0 radical (unpaired) electrons.